The summed E-state index contributed by atoms with van der Waals surface area (Å²) in [5.41, 5.74) is 10.5. The van der Waals surface area contributed by atoms with Crippen molar-refractivity contribution in [2.45, 2.75) is 19.3 Å². The molecule has 5 heteroatoms. The first-order valence-electron chi connectivity index (χ1n) is 13.5. The first kappa shape index (κ1) is 22.8. The molecule has 8 rings (SSSR count). The van der Waals surface area contributed by atoms with Crippen LogP contribution in [0.2, 0.25) is 0 Å². The first-order chi connectivity index (χ1) is 19.6. The number of para-hydroxylation sites is 1. The van der Waals surface area contributed by atoms with E-state index < -0.39 is 0 Å². The summed E-state index contributed by atoms with van der Waals surface area (Å²) < 4.78 is 2.36. The van der Waals surface area contributed by atoms with Gasteiger partial charge in [-0.25, -0.2) is 19.9 Å². The van der Waals surface area contributed by atoms with Crippen molar-refractivity contribution >= 4 is 21.8 Å². The van der Waals surface area contributed by atoms with E-state index in [-0.39, 0.29) is 5.41 Å². The molecule has 0 unspecified atom stereocenters. The van der Waals surface area contributed by atoms with Crippen LogP contribution in [0.3, 0.4) is 0 Å². The van der Waals surface area contributed by atoms with Crippen molar-refractivity contribution in [3.05, 3.63) is 127 Å². The molecular formula is C35H25N5. The van der Waals surface area contributed by atoms with Crippen LogP contribution in [0.4, 0.5) is 0 Å². The number of aromatic nitrogens is 5. The van der Waals surface area contributed by atoms with Crippen molar-refractivity contribution in [1.29, 1.82) is 0 Å². The molecule has 190 valence electrons. The van der Waals surface area contributed by atoms with Crippen LogP contribution in [0.15, 0.2) is 116 Å². The van der Waals surface area contributed by atoms with Crippen molar-refractivity contribution in [3.63, 3.8) is 0 Å². The molecule has 0 aliphatic heterocycles. The Hall–Kier alpha value is -5.16. The zero-order valence-corrected chi connectivity index (χ0v) is 22.2. The number of hydrogen-bond donors (Lipinski definition) is 0. The van der Waals surface area contributed by atoms with Gasteiger partial charge in [-0.3, -0.25) is 0 Å². The Morgan fingerprint density at radius 1 is 0.525 bits per heavy atom. The lowest BCUT2D eigenvalue weighted by Gasteiger charge is -2.21. The van der Waals surface area contributed by atoms with Crippen LogP contribution < -0.4 is 0 Å². The Balaban J connectivity index is 1.46. The molecule has 0 bridgehead atoms. The van der Waals surface area contributed by atoms with Crippen LogP contribution in [0, 0.1) is 0 Å². The molecule has 3 aromatic heterocycles. The first-order valence-corrected chi connectivity index (χ1v) is 13.5. The third-order valence-electron chi connectivity index (χ3n) is 8.20. The molecule has 0 saturated heterocycles. The molecule has 0 radical (unpaired) electrons. The predicted octanol–water partition coefficient (Wildman–Crippen LogP) is 8.00. The normalized spacial score (nSPS) is 13.4. The maximum Gasteiger partial charge on any atom is 0.159 e. The Labute approximate surface area is 231 Å². The lowest BCUT2D eigenvalue weighted by molar-refractivity contribution is 0.661. The van der Waals surface area contributed by atoms with E-state index in [1.807, 2.05) is 12.1 Å². The van der Waals surface area contributed by atoms with Gasteiger partial charge in [-0.15, -0.1) is 0 Å². The largest absolute Gasteiger partial charge is 0.309 e. The number of fused-ring (bicyclic) bond motifs is 6. The Kier molecular flexibility index (Phi) is 4.80. The average Bonchev–Trinajstić information content (AvgIpc) is 3.45. The number of nitrogens with zero attached hydrogens (tertiary/aromatic N) is 5. The fourth-order valence-electron chi connectivity index (χ4n) is 6.34. The van der Waals surface area contributed by atoms with E-state index in [4.69, 9.17) is 0 Å². The Morgan fingerprint density at radius 3 is 1.85 bits per heavy atom. The highest BCUT2D eigenvalue weighted by molar-refractivity contribution is 6.11. The Bertz CT molecular complexity index is 2020. The van der Waals surface area contributed by atoms with E-state index in [0.717, 1.165) is 22.3 Å². The van der Waals surface area contributed by atoms with Gasteiger partial charge in [0, 0.05) is 57.8 Å². The standard InChI is InChI=1S/C35H25N5/c1-35(2)29-11-5-3-9-25(29)27-20-28-26-10-4-6-12-31(26)40(32(28)21-30(27)35)24-18-22(33-36-13-7-14-37-33)17-23(19-24)34-38-15-8-16-39-34/h3-21H,1-2H3. The van der Waals surface area contributed by atoms with Gasteiger partial charge >= 0.3 is 0 Å². The van der Waals surface area contributed by atoms with Crippen molar-refractivity contribution in [2.75, 3.05) is 0 Å². The maximum atomic E-state index is 4.56. The summed E-state index contributed by atoms with van der Waals surface area (Å²) >= 11 is 0. The molecule has 0 saturated carbocycles. The zero-order valence-electron chi connectivity index (χ0n) is 22.2. The van der Waals surface area contributed by atoms with Gasteiger partial charge in [0.25, 0.3) is 0 Å². The molecular weight excluding hydrogens is 490 g/mol. The highest BCUT2D eigenvalue weighted by atomic mass is 15.0. The van der Waals surface area contributed by atoms with Gasteiger partial charge < -0.3 is 4.57 Å². The second-order valence-corrected chi connectivity index (χ2v) is 10.9. The summed E-state index contributed by atoms with van der Waals surface area (Å²) in [5, 5.41) is 2.46. The number of benzene rings is 4. The highest BCUT2D eigenvalue weighted by Crippen LogP contribution is 2.51. The van der Waals surface area contributed by atoms with Crippen LogP contribution in [-0.4, -0.2) is 24.5 Å². The smallest absolute Gasteiger partial charge is 0.159 e. The van der Waals surface area contributed by atoms with Gasteiger partial charge in [0.05, 0.1) is 11.0 Å². The molecule has 5 nitrogen and oxygen atoms in total. The predicted molar refractivity (Wildman–Crippen MR) is 160 cm³/mol. The minimum absolute atomic E-state index is 0.0931. The van der Waals surface area contributed by atoms with Crippen LogP contribution in [0.25, 0.3) is 61.4 Å². The number of rotatable bonds is 3. The third-order valence-corrected chi connectivity index (χ3v) is 8.20. The molecule has 4 aromatic carbocycles. The van der Waals surface area contributed by atoms with E-state index in [0.29, 0.717) is 11.6 Å². The summed E-state index contributed by atoms with van der Waals surface area (Å²) in [4.78, 5) is 18.2. The van der Waals surface area contributed by atoms with Crippen LogP contribution in [-0.2, 0) is 5.41 Å². The molecule has 3 heterocycles. The van der Waals surface area contributed by atoms with E-state index in [9.17, 15) is 0 Å². The second-order valence-electron chi connectivity index (χ2n) is 10.9. The second kappa shape index (κ2) is 8.42. The van der Waals surface area contributed by atoms with E-state index in [1.165, 1.54) is 38.5 Å². The maximum absolute atomic E-state index is 4.56. The van der Waals surface area contributed by atoms with Gasteiger partial charge in [-0.2, -0.15) is 0 Å². The molecule has 0 N–H and O–H groups in total. The number of hydrogen-bond acceptors (Lipinski definition) is 4. The summed E-state index contributed by atoms with van der Waals surface area (Å²) in [6.45, 7) is 4.66. The molecule has 40 heavy (non-hydrogen) atoms. The van der Waals surface area contributed by atoms with E-state index in [1.54, 1.807) is 24.8 Å². The van der Waals surface area contributed by atoms with E-state index in [2.05, 4.69) is 117 Å². The fraction of sp³-hybridized carbons (Fsp3) is 0.0857. The molecule has 1 aliphatic carbocycles. The van der Waals surface area contributed by atoms with Gasteiger partial charge in [0.15, 0.2) is 11.6 Å². The van der Waals surface area contributed by atoms with E-state index >= 15 is 0 Å². The quantitative estimate of drug-likeness (QED) is 0.239. The fourth-order valence-corrected chi connectivity index (χ4v) is 6.34. The van der Waals surface area contributed by atoms with Crippen LogP contribution >= 0.6 is 0 Å². The summed E-state index contributed by atoms with van der Waals surface area (Å²) in [6, 6.07) is 32.3. The van der Waals surface area contributed by atoms with Crippen LogP contribution in [0.5, 0.6) is 0 Å². The van der Waals surface area contributed by atoms with Gasteiger partial charge in [-0.1, -0.05) is 56.3 Å². The summed E-state index contributed by atoms with van der Waals surface area (Å²) in [6.07, 6.45) is 7.10. The summed E-state index contributed by atoms with van der Waals surface area (Å²) in [5.74, 6) is 1.33. The average molecular weight is 516 g/mol. The van der Waals surface area contributed by atoms with Crippen molar-refractivity contribution in [1.82, 2.24) is 24.5 Å². The van der Waals surface area contributed by atoms with Crippen molar-refractivity contribution < 1.29 is 0 Å². The molecule has 7 aromatic rings. The third kappa shape index (κ3) is 3.27. The molecule has 0 amide bonds. The molecule has 0 fully saturated rings. The van der Waals surface area contributed by atoms with Gasteiger partial charge in [-0.05, 0) is 70.8 Å². The van der Waals surface area contributed by atoms with Gasteiger partial charge in [0.1, 0.15) is 0 Å². The minimum atomic E-state index is -0.0931. The Morgan fingerprint density at radius 2 is 1.15 bits per heavy atom. The SMILES string of the molecule is CC1(C)c2ccccc2-c2cc3c4ccccc4n(-c4cc(-c5ncccn5)cc(-c5ncccn5)c4)c3cc21. The van der Waals surface area contributed by atoms with Crippen molar-refractivity contribution in [2.24, 2.45) is 0 Å². The van der Waals surface area contributed by atoms with Gasteiger partial charge in [0.2, 0.25) is 0 Å². The lowest BCUT2D eigenvalue weighted by atomic mass is 9.82. The monoisotopic (exact) mass is 515 g/mol. The zero-order chi connectivity index (χ0) is 26.8. The topological polar surface area (TPSA) is 56.5 Å². The lowest BCUT2D eigenvalue weighted by Crippen LogP contribution is -2.15. The molecule has 0 spiro atoms. The molecule has 1 aliphatic rings. The highest BCUT2D eigenvalue weighted by Gasteiger charge is 2.36. The summed E-state index contributed by atoms with van der Waals surface area (Å²) in [7, 11) is 0. The van der Waals surface area contributed by atoms with Crippen molar-refractivity contribution in [3.8, 4) is 39.6 Å². The minimum Gasteiger partial charge on any atom is -0.309 e. The van der Waals surface area contributed by atoms with Crippen LogP contribution in [0.1, 0.15) is 25.0 Å². The molecule has 0 atom stereocenters.